The number of rotatable bonds is 10. The maximum atomic E-state index is 12.1. The smallest absolute Gasteiger partial charge is 0.410 e. The second kappa shape index (κ2) is 13.1. The van der Waals surface area contributed by atoms with Gasteiger partial charge >= 0.3 is 6.09 Å². The van der Waals surface area contributed by atoms with Gasteiger partial charge < -0.3 is 24.5 Å². The Bertz CT molecular complexity index is 1520. The van der Waals surface area contributed by atoms with Crippen LogP contribution in [0.3, 0.4) is 0 Å². The SMILES string of the molecule is C/C(=N\OCCN(C)C(=O)OC(C)(C)C)c1ccc2ncnc(Nc3ccc(OCc4cccnc4)c(C)c3)c2c1. The van der Waals surface area contributed by atoms with Crippen LogP contribution in [0.15, 0.2) is 72.4 Å². The zero-order valence-corrected chi connectivity index (χ0v) is 24.3. The second-order valence-corrected chi connectivity index (χ2v) is 10.6. The normalized spacial score (nSPS) is 11.7. The number of hydrogen-bond donors (Lipinski definition) is 1. The fourth-order valence-electron chi connectivity index (χ4n) is 3.86. The highest BCUT2D eigenvalue weighted by Gasteiger charge is 2.19. The number of aryl methyl sites for hydroxylation is 1. The summed E-state index contributed by atoms with van der Waals surface area (Å²) in [5, 5.41) is 8.50. The molecule has 0 atom stereocenters. The van der Waals surface area contributed by atoms with E-state index < -0.39 is 11.7 Å². The molecule has 10 heteroatoms. The van der Waals surface area contributed by atoms with E-state index in [1.807, 2.05) is 83.1 Å². The molecule has 0 fully saturated rings. The fraction of sp³-hybridized carbons (Fsp3) is 0.323. The van der Waals surface area contributed by atoms with E-state index in [1.54, 1.807) is 19.4 Å². The van der Waals surface area contributed by atoms with Gasteiger partial charge in [0, 0.05) is 36.1 Å². The number of carbonyl (C=O) groups is 1. The van der Waals surface area contributed by atoms with Crippen molar-refractivity contribution in [1.82, 2.24) is 19.9 Å². The lowest BCUT2D eigenvalue weighted by atomic mass is 10.1. The van der Waals surface area contributed by atoms with Crippen LogP contribution in [0, 0.1) is 6.92 Å². The Hall–Kier alpha value is -4.73. The van der Waals surface area contributed by atoms with Gasteiger partial charge in [0.1, 0.15) is 36.7 Å². The van der Waals surface area contributed by atoms with Gasteiger partial charge in [0.15, 0.2) is 0 Å². The molecular formula is C31H36N6O4. The van der Waals surface area contributed by atoms with Gasteiger partial charge in [-0.2, -0.15) is 0 Å². The first-order chi connectivity index (χ1) is 19.6. The van der Waals surface area contributed by atoms with Crippen molar-refractivity contribution in [3.05, 3.63) is 83.9 Å². The summed E-state index contributed by atoms with van der Waals surface area (Å²) in [6, 6.07) is 15.6. The lowest BCUT2D eigenvalue weighted by Crippen LogP contribution is -2.35. The number of nitrogens with one attached hydrogen (secondary N) is 1. The molecule has 0 aliphatic heterocycles. The van der Waals surface area contributed by atoms with Crippen LogP contribution >= 0.6 is 0 Å². The quantitative estimate of drug-likeness (QED) is 0.138. The Labute approximate surface area is 240 Å². The summed E-state index contributed by atoms with van der Waals surface area (Å²) < 4.78 is 11.3. The van der Waals surface area contributed by atoms with E-state index in [0.29, 0.717) is 24.7 Å². The summed E-state index contributed by atoms with van der Waals surface area (Å²) in [4.78, 5) is 32.1. The maximum Gasteiger partial charge on any atom is 0.410 e. The first-order valence-corrected chi connectivity index (χ1v) is 13.3. The summed E-state index contributed by atoms with van der Waals surface area (Å²) in [5.41, 5.74) is 4.69. The number of fused-ring (bicyclic) bond motifs is 1. The van der Waals surface area contributed by atoms with Crippen molar-refractivity contribution in [3.63, 3.8) is 0 Å². The van der Waals surface area contributed by atoms with Gasteiger partial charge in [0.25, 0.3) is 0 Å². The number of ether oxygens (including phenoxy) is 2. The molecule has 2 aromatic heterocycles. The number of nitrogens with zero attached hydrogens (tertiary/aromatic N) is 5. The van der Waals surface area contributed by atoms with Crippen molar-refractivity contribution < 1.29 is 19.1 Å². The molecule has 4 rings (SSSR count). The van der Waals surface area contributed by atoms with Crippen molar-refractivity contribution in [1.29, 1.82) is 0 Å². The van der Waals surface area contributed by atoms with Crippen molar-refractivity contribution in [3.8, 4) is 5.75 Å². The Morgan fingerprint density at radius 1 is 1.10 bits per heavy atom. The fourth-order valence-corrected chi connectivity index (χ4v) is 3.86. The van der Waals surface area contributed by atoms with Gasteiger partial charge in [0.2, 0.25) is 0 Å². The summed E-state index contributed by atoms with van der Waals surface area (Å²) in [6.45, 7) is 10.4. The van der Waals surface area contributed by atoms with Crippen LogP contribution < -0.4 is 10.1 Å². The molecule has 2 heterocycles. The van der Waals surface area contributed by atoms with E-state index in [0.717, 1.165) is 39.0 Å². The average molecular weight is 557 g/mol. The third kappa shape index (κ3) is 8.38. The molecule has 0 aliphatic rings. The molecular weight excluding hydrogens is 520 g/mol. The Morgan fingerprint density at radius 2 is 1.93 bits per heavy atom. The summed E-state index contributed by atoms with van der Waals surface area (Å²) in [5.74, 6) is 1.48. The van der Waals surface area contributed by atoms with E-state index >= 15 is 0 Å². The summed E-state index contributed by atoms with van der Waals surface area (Å²) in [7, 11) is 1.66. The monoisotopic (exact) mass is 556 g/mol. The third-order valence-corrected chi connectivity index (χ3v) is 6.03. The van der Waals surface area contributed by atoms with Crippen LogP contribution in [0.1, 0.15) is 44.4 Å². The van der Waals surface area contributed by atoms with Crippen molar-refractivity contribution in [2.24, 2.45) is 5.16 Å². The maximum absolute atomic E-state index is 12.1. The summed E-state index contributed by atoms with van der Waals surface area (Å²) in [6.07, 6.45) is 4.67. The number of carbonyl (C=O) groups excluding carboxylic acids is 1. The molecule has 1 N–H and O–H groups in total. The molecule has 0 radical (unpaired) electrons. The minimum absolute atomic E-state index is 0.234. The lowest BCUT2D eigenvalue weighted by Gasteiger charge is -2.24. The predicted octanol–water partition coefficient (Wildman–Crippen LogP) is 6.26. The standard InChI is InChI=1S/C31H36N6O4/c1-21-16-25(10-12-28(21)39-19-23-8-7-13-32-18-23)35-29-26-17-24(9-11-27(26)33-20-34-29)22(2)36-40-15-14-37(6)30(38)41-31(3,4)5/h7-13,16-18,20H,14-15,19H2,1-6H3,(H,33,34,35)/b36-22+. The first-order valence-electron chi connectivity index (χ1n) is 13.3. The van der Waals surface area contributed by atoms with Crippen LogP contribution in [0.5, 0.6) is 5.75 Å². The van der Waals surface area contributed by atoms with Crippen LogP contribution in [0.4, 0.5) is 16.3 Å². The van der Waals surface area contributed by atoms with Gasteiger partial charge in [-0.05, 0) is 82.1 Å². The van der Waals surface area contributed by atoms with Gasteiger partial charge in [-0.15, -0.1) is 0 Å². The zero-order valence-electron chi connectivity index (χ0n) is 24.3. The van der Waals surface area contributed by atoms with E-state index in [1.165, 1.54) is 11.2 Å². The highest BCUT2D eigenvalue weighted by atomic mass is 16.6. The highest BCUT2D eigenvalue weighted by Crippen LogP contribution is 2.28. The van der Waals surface area contributed by atoms with Crippen LogP contribution in [-0.4, -0.2) is 57.5 Å². The van der Waals surface area contributed by atoms with E-state index in [2.05, 4.69) is 25.4 Å². The number of pyridine rings is 1. The van der Waals surface area contributed by atoms with Crippen LogP contribution in [0.25, 0.3) is 10.9 Å². The highest BCUT2D eigenvalue weighted by molar-refractivity contribution is 6.03. The molecule has 1 amide bonds. The number of aromatic nitrogens is 3. The van der Waals surface area contributed by atoms with Crippen molar-refractivity contribution >= 4 is 34.2 Å². The Kier molecular flexibility index (Phi) is 9.34. The van der Waals surface area contributed by atoms with E-state index in [-0.39, 0.29) is 6.61 Å². The average Bonchev–Trinajstić information content (AvgIpc) is 2.94. The largest absolute Gasteiger partial charge is 0.489 e. The van der Waals surface area contributed by atoms with Crippen LogP contribution in [-0.2, 0) is 16.2 Å². The van der Waals surface area contributed by atoms with Gasteiger partial charge in [-0.3, -0.25) is 4.98 Å². The molecule has 0 bridgehead atoms. The number of likely N-dealkylation sites (N-methyl/N-ethyl adjacent to an activating group) is 1. The van der Waals surface area contributed by atoms with Crippen molar-refractivity contribution in [2.45, 2.75) is 46.8 Å². The number of benzene rings is 2. The zero-order chi connectivity index (χ0) is 29.4. The lowest BCUT2D eigenvalue weighted by molar-refractivity contribution is 0.0235. The molecule has 0 aliphatic carbocycles. The molecule has 2 aromatic carbocycles. The van der Waals surface area contributed by atoms with E-state index in [9.17, 15) is 4.79 Å². The van der Waals surface area contributed by atoms with Crippen LogP contribution in [0.2, 0.25) is 0 Å². The van der Waals surface area contributed by atoms with E-state index in [4.69, 9.17) is 14.3 Å². The minimum Gasteiger partial charge on any atom is -0.489 e. The topological polar surface area (TPSA) is 111 Å². The molecule has 10 nitrogen and oxygen atoms in total. The number of hydrogen-bond acceptors (Lipinski definition) is 9. The summed E-state index contributed by atoms with van der Waals surface area (Å²) >= 11 is 0. The second-order valence-electron chi connectivity index (χ2n) is 10.6. The molecule has 0 saturated heterocycles. The molecule has 0 unspecified atom stereocenters. The predicted molar refractivity (Wildman–Crippen MR) is 160 cm³/mol. The molecule has 41 heavy (non-hydrogen) atoms. The Morgan fingerprint density at radius 3 is 2.66 bits per heavy atom. The minimum atomic E-state index is -0.550. The molecule has 214 valence electrons. The molecule has 0 spiro atoms. The molecule has 0 saturated carbocycles. The third-order valence-electron chi connectivity index (χ3n) is 6.03. The number of oxime groups is 1. The molecule has 4 aromatic rings. The Balaban J connectivity index is 1.41. The van der Waals surface area contributed by atoms with Crippen molar-refractivity contribution in [2.75, 3.05) is 25.5 Å². The van der Waals surface area contributed by atoms with Gasteiger partial charge in [-0.25, -0.2) is 14.8 Å². The number of amides is 1. The van der Waals surface area contributed by atoms with Gasteiger partial charge in [-0.1, -0.05) is 17.3 Å². The number of anilines is 2. The van der Waals surface area contributed by atoms with Gasteiger partial charge in [0.05, 0.1) is 17.8 Å². The first kappa shape index (κ1) is 29.3.